The van der Waals surface area contributed by atoms with Crippen molar-refractivity contribution in [1.29, 1.82) is 0 Å². The summed E-state index contributed by atoms with van der Waals surface area (Å²) in [4.78, 5) is 36.6. The van der Waals surface area contributed by atoms with Gasteiger partial charge in [0.25, 0.3) is 0 Å². The van der Waals surface area contributed by atoms with Crippen LogP contribution in [0, 0.1) is 23.7 Å². The van der Waals surface area contributed by atoms with Crippen LogP contribution in [0.25, 0.3) is 0 Å². The lowest BCUT2D eigenvalue weighted by atomic mass is 9.72. The second-order valence-corrected chi connectivity index (χ2v) is 10.8. The van der Waals surface area contributed by atoms with Crippen LogP contribution in [0.2, 0.25) is 0 Å². The van der Waals surface area contributed by atoms with Crippen molar-refractivity contribution in [2.24, 2.45) is 23.7 Å². The number of esters is 2. The van der Waals surface area contributed by atoms with Gasteiger partial charge < -0.3 is 14.2 Å². The van der Waals surface area contributed by atoms with Crippen LogP contribution in [0.3, 0.4) is 0 Å². The fraction of sp³-hybridized carbons (Fsp3) is 0.690. The fourth-order valence-corrected chi connectivity index (χ4v) is 6.30. The van der Waals surface area contributed by atoms with Gasteiger partial charge in [0.2, 0.25) is 0 Å². The van der Waals surface area contributed by atoms with Gasteiger partial charge in [-0.05, 0) is 120 Å². The molecule has 3 aliphatic rings. The van der Waals surface area contributed by atoms with Crippen molar-refractivity contribution in [3.63, 3.8) is 0 Å². The number of hydrogen-bond acceptors (Lipinski definition) is 6. The first-order valence-electron chi connectivity index (χ1n) is 13.5. The molecule has 0 aromatic heterocycles. The molecule has 6 nitrogen and oxygen atoms in total. The zero-order valence-corrected chi connectivity index (χ0v) is 21.2. The molecule has 0 heterocycles. The van der Waals surface area contributed by atoms with E-state index in [9.17, 15) is 14.4 Å². The molecule has 0 saturated heterocycles. The highest BCUT2D eigenvalue weighted by Gasteiger charge is 2.35. The predicted octanol–water partition coefficient (Wildman–Crippen LogP) is 5.91. The quantitative estimate of drug-likeness (QED) is 0.448. The summed E-state index contributed by atoms with van der Waals surface area (Å²) < 4.78 is 16.8. The zero-order chi connectivity index (χ0) is 24.8. The first-order valence-corrected chi connectivity index (χ1v) is 13.5. The van der Waals surface area contributed by atoms with Gasteiger partial charge in [-0.1, -0.05) is 0 Å². The van der Waals surface area contributed by atoms with E-state index < -0.39 is 0 Å². The molecule has 6 heteroatoms. The highest BCUT2D eigenvalue weighted by molar-refractivity contribution is 5.89. The number of benzene rings is 1. The zero-order valence-electron chi connectivity index (χ0n) is 21.2. The van der Waals surface area contributed by atoms with E-state index in [4.69, 9.17) is 14.2 Å². The van der Waals surface area contributed by atoms with E-state index in [0.717, 1.165) is 82.8 Å². The number of carbonyl (C=O) groups is 3. The molecule has 192 valence electrons. The Bertz CT molecular complexity index is 854. The molecule has 0 aliphatic heterocycles. The largest absolute Gasteiger partial charge is 0.497 e. The van der Waals surface area contributed by atoms with Crippen LogP contribution >= 0.6 is 0 Å². The Morgan fingerprint density at radius 2 is 1.14 bits per heavy atom. The van der Waals surface area contributed by atoms with E-state index >= 15 is 0 Å². The summed E-state index contributed by atoms with van der Waals surface area (Å²) in [7, 11) is 1.61. The molecule has 1 aromatic rings. The van der Waals surface area contributed by atoms with Gasteiger partial charge in [0.05, 0.1) is 18.6 Å². The Kier molecular flexibility index (Phi) is 8.85. The number of ketones is 1. The van der Waals surface area contributed by atoms with E-state index in [0.29, 0.717) is 17.4 Å². The Hall–Kier alpha value is -2.37. The molecule has 0 radical (unpaired) electrons. The van der Waals surface area contributed by atoms with Crippen LogP contribution in [0.4, 0.5) is 0 Å². The van der Waals surface area contributed by atoms with Crippen molar-refractivity contribution < 1.29 is 28.6 Å². The number of rotatable bonds is 7. The SMILES string of the molecule is COc1ccc(C(=O)OC2CCC(C3CCC(OC(=O)C4CCC(C(C)=O)CC4)CC3)CC2)cc1. The van der Waals surface area contributed by atoms with Crippen molar-refractivity contribution >= 4 is 17.7 Å². The Labute approximate surface area is 209 Å². The van der Waals surface area contributed by atoms with E-state index in [2.05, 4.69) is 0 Å². The maximum absolute atomic E-state index is 12.6. The van der Waals surface area contributed by atoms with Gasteiger partial charge >= 0.3 is 11.9 Å². The second kappa shape index (κ2) is 12.0. The van der Waals surface area contributed by atoms with Crippen LogP contribution in [0.1, 0.15) is 94.3 Å². The van der Waals surface area contributed by atoms with Crippen LogP contribution in [0.15, 0.2) is 24.3 Å². The van der Waals surface area contributed by atoms with Gasteiger partial charge in [-0.2, -0.15) is 0 Å². The van der Waals surface area contributed by atoms with Crippen molar-refractivity contribution in [1.82, 2.24) is 0 Å². The van der Waals surface area contributed by atoms with Gasteiger partial charge in [-0.25, -0.2) is 4.79 Å². The molecule has 0 amide bonds. The number of methoxy groups -OCH3 is 1. The maximum atomic E-state index is 12.6. The molecular formula is C29H40O6. The lowest BCUT2D eigenvalue weighted by molar-refractivity contribution is -0.158. The Balaban J connectivity index is 1.14. The molecule has 0 atom stereocenters. The van der Waals surface area contributed by atoms with Gasteiger partial charge in [0.15, 0.2) is 0 Å². The summed E-state index contributed by atoms with van der Waals surface area (Å²) in [6.07, 6.45) is 11.4. The minimum absolute atomic E-state index is 0.00348. The van der Waals surface area contributed by atoms with Crippen molar-refractivity contribution in [2.75, 3.05) is 7.11 Å². The predicted molar refractivity (Wildman–Crippen MR) is 132 cm³/mol. The minimum Gasteiger partial charge on any atom is -0.497 e. The molecule has 3 aliphatic carbocycles. The molecule has 3 fully saturated rings. The summed E-state index contributed by atoms with van der Waals surface area (Å²) in [5, 5.41) is 0. The van der Waals surface area contributed by atoms with Gasteiger partial charge in [-0.3, -0.25) is 9.59 Å². The van der Waals surface area contributed by atoms with Crippen molar-refractivity contribution in [3.8, 4) is 5.75 Å². The molecular weight excluding hydrogens is 444 g/mol. The van der Waals surface area contributed by atoms with Gasteiger partial charge in [0, 0.05) is 5.92 Å². The summed E-state index contributed by atoms with van der Waals surface area (Å²) in [5.41, 5.74) is 0.563. The van der Waals surface area contributed by atoms with Crippen molar-refractivity contribution in [2.45, 2.75) is 96.2 Å². The number of hydrogen-bond donors (Lipinski definition) is 0. The molecule has 0 spiro atoms. The van der Waals surface area contributed by atoms with E-state index in [1.54, 1.807) is 38.3 Å². The first kappa shape index (κ1) is 25.7. The summed E-state index contributed by atoms with van der Waals surface area (Å²) in [5.74, 6) is 2.12. The highest BCUT2D eigenvalue weighted by atomic mass is 16.5. The molecule has 0 unspecified atom stereocenters. The third kappa shape index (κ3) is 6.86. The molecule has 4 rings (SSSR count). The first-order chi connectivity index (χ1) is 16.9. The lowest BCUT2D eigenvalue weighted by Crippen LogP contribution is -2.33. The number of carbonyl (C=O) groups excluding carboxylic acids is 3. The third-order valence-electron chi connectivity index (χ3n) is 8.62. The average Bonchev–Trinajstić information content (AvgIpc) is 2.89. The topological polar surface area (TPSA) is 78.9 Å². The van der Waals surface area contributed by atoms with E-state index in [1.807, 2.05) is 0 Å². The van der Waals surface area contributed by atoms with Gasteiger partial charge in [0.1, 0.15) is 23.7 Å². The Morgan fingerprint density at radius 3 is 1.63 bits per heavy atom. The van der Waals surface area contributed by atoms with E-state index in [-0.39, 0.29) is 41.8 Å². The third-order valence-corrected chi connectivity index (χ3v) is 8.62. The number of ether oxygens (including phenoxy) is 3. The summed E-state index contributed by atoms with van der Waals surface area (Å²) in [6, 6.07) is 7.05. The normalized spacial score (nSPS) is 31.3. The standard InChI is InChI=1S/C29H40O6/c1-19(30)20-3-5-23(6-4-20)28(31)34-26-15-7-21(8-16-26)22-9-17-27(18-10-22)35-29(32)24-11-13-25(33-2)14-12-24/h11-14,20-23,26-27H,3-10,15-18H2,1-2H3. The van der Waals surface area contributed by atoms with Crippen LogP contribution in [0.5, 0.6) is 5.75 Å². The summed E-state index contributed by atoms with van der Waals surface area (Å²) >= 11 is 0. The Morgan fingerprint density at radius 1 is 0.657 bits per heavy atom. The maximum Gasteiger partial charge on any atom is 0.338 e. The number of Topliss-reactive ketones (excluding diaryl/α,β-unsaturated/α-hetero) is 1. The lowest BCUT2D eigenvalue weighted by Gasteiger charge is -2.37. The van der Waals surface area contributed by atoms with E-state index in [1.165, 1.54) is 0 Å². The monoisotopic (exact) mass is 484 g/mol. The molecule has 3 saturated carbocycles. The minimum atomic E-state index is -0.256. The highest BCUT2D eigenvalue weighted by Crippen LogP contribution is 2.40. The second-order valence-electron chi connectivity index (χ2n) is 10.8. The van der Waals surface area contributed by atoms with Gasteiger partial charge in [-0.15, -0.1) is 0 Å². The molecule has 0 bridgehead atoms. The van der Waals surface area contributed by atoms with Crippen molar-refractivity contribution in [3.05, 3.63) is 29.8 Å². The van der Waals surface area contributed by atoms with Crippen LogP contribution in [-0.2, 0) is 19.1 Å². The smallest absolute Gasteiger partial charge is 0.338 e. The fourth-order valence-electron chi connectivity index (χ4n) is 6.30. The van der Waals surface area contributed by atoms with Crippen LogP contribution in [-0.4, -0.2) is 37.0 Å². The average molecular weight is 485 g/mol. The molecule has 35 heavy (non-hydrogen) atoms. The van der Waals surface area contributed by atoms with Crippen LogP contribution < -0.4 is 4.74 Å². The molecule has 1 aromatic carbocycles. The molecule has 0 N–H and O–H groups in total. The summed E-state index contributed by atoms with van der Waals surface area (Å²) in [6.45, 7) is 1.66.